The molecule has 0 amide bonds. The Balaban J connectivity index is 2.07. The van der Waals surface area contributed by atoms with E-state index in [0.29, 0.717) is 12.0 Å². The smallest absolute Gasteiger partial charge is 0.0499 e. The molecular weight excluding hydrogens is 200 g/mol. The van der Waals surface area contributed by atoms with Crippen molar-refractivity contribution in [3.8, 4) is 0 Å². The van der Waals surface area contributed by atoms with Gasteiger partial charge in [-0.15, -0.1) is 0 Å². The minimum atomic E-state index is 0.595. The van der Waals surface area contributed by atoms with Crippen LogP contribution in [0, 0.1) is 5.92 Å². The number of hydrogen-bond acceptors (Lipinski definition) is 3. The average molecular weight is 228 g/mol. The summed E-state index contributed by atoms with van der Waals surface area (Å²) in [6.07, 6.45) is 4.18. The molecule has 0 aromatic heterocycles. The first-order valence-electron chi connectivity index (χ1n) is 6.67. The summed E-state index contributed by atoms with van der Waals surface area (Å²) in [5.41, 5.74) is 0. The quantitative estimate of drug-likeness (QED) is 0.718. The molecule has 2 unspecified atom stereocenters. The van der Waals surface area contributed by atoms with Crippen LogP contribution in [0.3, 0.4) is 0 Å². The molecule has 96 valence electrons. The van der Waals surface area contributed by atoms with Gasteiger partial charge in [-0.3, -0.25) is 0 Å². The van der Waals surface area contributed by atoms with E-state index in [2.05, 4.69) is 24.1 Å². The van der Waals surface area contributed by atoms with Crippen molar-refractivity contribution in [3.63, 3.8) is 0 Å². The van der Waals surface area contributed by atoms with Gasteiger partial charge < -0.3 is 15.0 Å². The van der Waals surface area contributed by atoms with E-state index < -0.39 is 0 Å². The fraction of sp³-hybridized carbons (Fsp3) is 1.00. The van der Waals surface area contributed by atoms with Crippen LogP contribution in [0.4, 0.5) is 0 Å². The highest BCUT2D eigenvalue weighted by atomic mass is 16.5. The molecule has 0 aromatic carbocycles. The van der Waals surface area contributed by atoms with Crippen LogP contribution in [-0.2, 0) is 4.74 Å². The summed E-state index contributed by atoms with van der Waals surface area (Å²) >= 11 is 0. The molecule has 1 aliphatic rings. The third-order valence-corrected chi connectivity index (χ3v) is 3.25. The normalized spacial score (nSPS) is 21.9. The molecule has 1 saturated heterocycles. The highest BCUT2D eigenvalue weighted by molar-refractivity contribution is 4.71. The SMILES string of the molecule is COCC(C)CNC(C)CN1CCCCC1. The van der Waals surface area contributed by atoms with Gasteiger partial charge in [0.05, 0.1) is 0 Å². The second-order valence-corrected chi connectivity index (χ2v) is 5.23. The van der Waals surface area contributed by atoms with E-state index >= 15 is 0 Å². The van der Waals surface area contributed by atoms with Crippen LogP contribution in [0.15, 0.2) is 0 Å². The van der Waals surface area contributed by atoms with Crippen molar-refractivity contribution < 1.29 is 4.74 Å². The van der Waals surface area contributed by atoms with Gasteiger partial charge in [-0.1, -0.05) is 13.3 Å². The van der Waals surface area contributed by atoms with E-state index in [0.717, 1.165) is 13.2 Å². The highest BCUT2D eigenvalue weighted by Crippen LogP contribution is 2.08. The van der Waals surface area contributed by atoms with Gasteiger partial charge in [0.15, 0.2) is 0 Å². The number of rotatable bonds is 7. The van der Waals surface area contributed by atoms with Crippen LogP contribution in [0.5, 0.6) is 0 Å². The minimum absolute atomic E-state index is 0.595. The molecule has 0 spiro atoms. The van der Waals surface area contributed by atoms with E-state index in [9.17, 15) is 0 Å². The molecule has 1 fully saturated rings. The van der Waals surface area contributed by atoms with Crippen LogP contribution in [-0.4, -0.2) is 50.8 Å². The fourth-order valence-electron chi connectivity index (χ4n) is 2.34. The molecule has 0 radical (unpaired) electrons. The van der Waals surface area contributed by atoms with Gasteiger partial charge >= 0.3 is 0 Å². The number of piperidine rings is 1. The van der Waals surface area contributed by atoms with Gasteiger partial charge in [0.25, 0.3) is 0 Å². The largest absolute Gasteiger partial charge is 0.384 e. The lowest BCUT2D eigenvalue weighted by Gasteiger charge is -2.29. The average Bonchev–Trinajstić information content (AvgIpc) is 2.28. The zero-order chi connectivity index (χ0) is 11.8. The topological polar surface area (TPSA) is 24.5 Å². The molecule has 3 heteroatoms. The number of nitrogens with zero attached hydrogens (tertiary/aromatic N) is 1. The molecule has 16 heavy (non-hydrogen) atoms. The van der Waals surface area contributed by atoms with E-state index in [4.69, 9.17) is 4.74 Å². The van der Waals surface area contributed by atoms with Gasteiger partial charge in [0.1, 0.15) is 0 Å². The van der Waals surface area contributed by atoms with Gasteiger partial charge in [0.2, 0.25) is 0 Å². The monoisotopic (exact) mass is 228 g/mol. The maximum absolute atomic E-state index is 5.14. The first kappa shape index (κ1) is 13.9. The van der Waals surface area contributed by atoms with Crippen molar-refractivity contribution in [1.29, 1.82) is 0 Å². The van der Waals surface area contributed by atoms with Crippen molar-refractivity contribution in [2.24, 2.45) is 5.92 Å². The standard InChI is InChI=1S/C13H28N2O/c1-12(11-16-3)9-14-13(2)10-15-7-5-4-6-8-15/h12-14H,4-11H2,1-3H3. The van der Waals surface area contributed by atoms with Gasteiger partial charge in [-0.25, -0.2) is 0 Å². The fourth-order valence-corrected chi connectivity index (χ4v) is 2.34. The molecule has 3 nitrogen and oxygen atoms in total. The van der Waals surface area contributed by atoms with Crippen LogP contribution < -0.4 is 5.32 Å². The lowest BCUT2D eigenvalue weighted by atomic mass is 10.1. The number of hydrogen-bond donors (Lipinski definition) is 1. The molecular formula is C13H28N2O. The second kappa shape index (κ2) is 8.04. The second-order valence-electron chi connectivity index (χ2n) is 5.23. The van der Waals surface area contributed by atoms with Crippen LogP contribution in [0.25, 0.3) is 0 Å². The maximum Gasteiger partial charge on any atom is 0.0499 e. The molecule has 1 heterocycles. The first-order chi connectivity index (χ1) is 7.72. The summed E-state index contributed by atoms with van der Waals surface area (Å²) in [5, 5.41) is 3.59. The molecule has 0 bridgehead atoms. The van der Waals surface area contributed by atoms with E-state index in [1.807, 2.05) is 0 Å². The van der Waals surface area contributed by atoms with Crippen LogP contribution in [0.2, 0.25) is 0 Å². The Morgan fingerprint density at radius 1 is 1.19 bits per heavy atom. The minimum Gasteiger partial charge on any atom is -0.384 e. The Morgan fingerprint density at radius 2 is 1.88 bits per heavy atom. The molecule has 1 aliphatic heterocycles. The predicted octanol–water partition coefficient (Wildman–Crippen LogP) is 1.73. The van der Waals surface area contributed by atoms with Crippen molar-refractivity contribution in [1.82, 2.24) is 10.2 Å². The zero-order valence-electron chi connectivity index (χ0n) is 11.2. The van der Waals surface area contributed by atoms with E-state index in [1.54, 1.807) is 7.11 Å². The maximum atomic E-state index is 5.14. The molecule has 0 aromatic rings. The third kappa shape index (κ3) is 5.83. The van der Waals surface area contributed by atoms with Crippen molar-refractivity contribution in [3.05, 3.63) is 0 Å². The van der Waals surface area contributed by atoms with Crippen molar-refractivity contribution in [2.75, 3.05) is 39.9 Å². The van der Waals surface area contributed by atoms with Crippen molar-refractivity contribution >= 4 is 0 Å². The number of likely N-dealkylation sites (tertiary alicyclic amines) is 1. The van der Waals surface area contributed by atoms with Gasteiger partial charge in [0, 0.05) is 32.8 Å². The van der Waals surface area contributed by atoms with E-state index in [-0.39, 0.29) is 0 Å². The Hall–Kier alpha value is -0.120. The van der Waals surface area contributed by atoms with Crippen LogP contribution >= 0.6 is 0 Å². The lowest BCUT2D eigenvalue weighted by Crippen LogP contribution is -2.43. The van der Waals surface area contributed by atoms with Gasteiger partial charge in [-0.05, 0) is 38.8 Å². The Bertz CT molecular complexity index is 169. The Morgan fingerprint density at radius 3 is 2.50 bits per heavy atom. The number of ether oxygens (including phenoxy) is 1. The Labute approximate surface area is 101 Å². The zero-order valence-corrected chi connectivity index (χ0v) is 11.2. The lowest BCUT2D eigenvalue weighted by molar-refractivity contribution is 0.153. The van der Waals surface area contributed by atoms with E-state index in [1.165, 1.54) is 38.9 Å². The summed E-state index contributed by atoms with van der Waals surface area (Å²) in [4.78, 5) is 2.59. The highest BCUT2D eigenvalue weighted by Gasteiger charge is 2.13. The van der Waals surface area contributed by atoms with Crippen molar-refractivity contribution in [2.45, 2.75) is 39.2 Å². The summed E-state index contributed by atoms with van der Waals surface area (Å²) in [6.45, 7) is 10.2. The molecule has 1 rings (SSSR count). The Kier molecular flexibility index (Phi) is 7.01. The van der Waals surface area contributed by atoms with Gasteiger partial charge in [-0.2, -0.15) is 0 Å². The number of nitrogens with one attached hydrogen (secondary N) is 1. The molecule has 0 aliphatic carbocycles. The molecule has 0 saturated carbocycles. The first-order valence-corrected chi connectivity index (χ1v) is 6.67. The third-order valence-electron chi connectivity index (χ3n) is 3.25. The summed E-state index contributed by atoms with van der Waals surface area (Å²) < 4.78 is 5.14. The predicted molar refractivity (Wildman–Crippen MR) is 68.8 cm³/mol. The van der Waals surface area contributed by atoms with Crippen LogP contribution in [0.1, 0.15) is 33.1 Å². The number of methoxy groups -OCH3 is 1. The summed E-state index contributed by atoms with van der Waals surface area (Å²) in [7, 11) is 1.77. The summed E-state index contributed by atoms with van der Waals surface area (Å²) in [6, 6.07) is 0.595. The molecule has 1 N–H and O–H groups in total. The molecule has 2 atom stereocenters. The summed E-state index contributed by atoms with van der Waals surface area (Å²) in [5.74, 6) is 0.605.